The van der Waals surface area contributed by atoms with Gasteiger partial charge in [-0.25, -0.2) is 0 Å². The molecule has 0 heterocycles. The van der Waals surface area contributed by atoms with Gasteiger partial charge in [-0.2, -0.15) is 0 Å². The van der Waals surface area contributed by atoms with Gasteiger partial charge in [0.2, 0.25) is 0 Å². The van der Waals surface area contributed by atoms with Gasteiger partial charge in [0.15, 0.2) is 0 Å². The Morgan fingerprint density at radius 2 is 1.88 bits per heavy atom. The second-order valence-corrected chi connectivity index (χ2v) is 5.69. The summed E-state index contributed by atoms with van der Waals surface area (Å²) in [4.78, 5) is 11.4. The molecule has 0 aliphatic carbocycles. The van der Waals surface area contributed by atoms with Gasteiger partial charge in [0.1, 0.15) is 12.1 Å². The van der Waals surface area contributed by atoms with Crippen molar-refractivity contribution < 1.29 is 9.53 Å². The number of anilines is 1. The van der Waals surface area contributed by atoms with Crippen molar-refractivity contribution in [1.82, 2.24) is 0 Å². The summed E-state index contributed by atoms with van der Waals surface area (Å²) in [6, 6.07) is 7.84. The van der Waals surface area contributed by atoms with Crippen molar-refractivity contribution in [2.45, 2.75) is 26.4 Å². The minimum atomic E-state index is -0.426. The summed E-state index contributed by atoms with van der Waals surface area (Å²) in [7, 11) is 0. The van der Waals surface area contributed by atoms with Gasteiger partial charge >= 0.3 is 5.97 Å². The SMILES string of the molecule is CC(C)(C)OC(=O)CNc1ccc(I)cc1. The van der Waals surface area contributed by atoms with Crippen LogP contribution in [-0.4, -0.2) is 18.1 Å². The predicted octanol–water partition coefficient (Wildman–Crippen LogP) is 3.04. The summed E-state index contributed by atoms with van der Waals surface area (Å²) in [6.45, 7) is 5.76. The first-order valence-corrected chi connectivity index (χ1v) is 6.16. The molecule has 0 bridgehead atoms. The van der Waals surface area contributed by atoms with E-state index in [0.29, 0.717) is 0 Å². The number of rotatable bonds is 3. The third-order valence-corrected chi connectivity index (χ3v) is 2.42. The summed E-state index contributed by atoms with van der Waals surface area (Å²) < 4.78 is 6.35. The number of carbonyl (C=O) groups is 1. The van der Waals surface area contributed by atoms with Crippen LogP contribution in [0.2, 0.25) is 0 Å². The monoisotopic (exact) mass is 333 g/mol. The zero-order chi connectivity index (χ0) is 12.2. The highest BCUT2D eigenvalue weighted by molar-refractivity contribution is 14.1. The van der Waals surface area contributed by atoms with Crippen LogP contribution in [0, 0.1) is 3.57 Å². The number of nitrogens with one attached hydrogen (secondary N) is 1. The van der Waals surface area contributed by atoms with Crippen LogP contribution < -0.4 is 5.32 Å². The second-order valence-electron chi connectivity index (χ2n) is 4.45. The first kappa shape index (κ1) is 13.3. The normalized spacial score (nSPS) is 11.0. The Bertz CT molecular complexity index is 354. The highest BCUT2D eigenvalue weighted by atomic mass is 127. The molecule has 0 aromatic heterocycles. The molecular weight excluding hydrogens is 317 g/mol. The van der Waals surface area contributed by atoms with Crippen LogP contribution in [0.4, 0.5) is 5.69 Å². The van der Waals surface area contributed by atoms with Crippen molar-refractivity contribution in [1.29, 1.82) is 0 Å². The smallest absolute Gasteiger partial charge is 0.325 e. The molecule has 0 aliphatic heterocycles. The Kier molecular flexibility index (Phi) is 4.58. The van der Waals surface area contributed by atoms with E-state index >= 15 is 0 Å². The van der Waals surface area contributed by atoms with Crippen molar-refractivity contribution in [3.8, 4) is 0 Å². The van der Waals surface area contributed by atoms with Gasteiger partial charge in [-0.05, 0) is 67.6 Å². The van der Waals surface area contributed by atoms with E-state index in [-0.39, 0.29) is 12.5 Å². The van der Waals surface area contributed by atoms with Gasteiger partial charge in [0.05, 0.1) is 0 Å². The van der Waals surface area contributed by atoms with E-state index < -0.39 is 5.60 Å². The molecule has 0 radical (unpaired) electrons. The van der Waals surface area contributed by atoms with E-state index in [4.69, 9.17) is 4.74 Å². The lowest BCUT2D eigenvalue weighted by Crippen LogP contribution is -2.28. The van der Waals surface area contributed by atoms with Crippen molar-refractivity contribution in [2.75, 3.05) is 11.9 Å². The molecule has 4 heteroatoms. The lowest BCUT2D eigenvalue weighted by atomic mass is 10.2. The zero-order valence-electron chi connectivity index (χ0n) is 9.71. The van der Waals surface area contributed by atoms with E-state index in [0.717, 1.165) is 5.69 Å². The molecule has 0 unspecified atom stereocenters. The molecule has 1 N–H and O–H groups in total. The minimum absolute atomic E-state index is 0.192. The first-order valence-electron chi connectivity index (χ1n) is 5.08. The zero-order valence-corrected chi connectivity index (χ0v) is 11.9. The lowest BCUT2D eigenvalue weighted by Gasteiger charge is -2.19. The molecular formula is C12H16INO2. The van der Waals surface area contributed by atoms with Crippen LogP contribution in [0.3, 0.4) is 0 Å². The average Bonchev–Trinajstić information content (AvgIpc) is 2.14. The molecule has 16 heavy (non-hydrogen) atoms. The van der Waals surface area contributed by atoms with E-state index in [1.165, 1.54) is 3.57 Å². The fraction of sp³-hybridized carbons (Fsp3) is 0.417. The van der Waals surface area contributed by atoms with Crippen molar-refractivity contribution in [2.24, 2.45) is 0 Å². The maximum atomic E-state index is 11.4. The Hall–Kier alpha value is -0.780. The average molecular weight is 333 g/mol. The van der Waals surface area contributed by atoms with Crippen LogP contribution in [0.1, 0.15) is 20.8 Å². The second kappa shape index (κ2) is 5.52. The molecule has 0 fully saturated rings. The minimum Gasteiger partial charge on any atom is -0.459 e. The summed E-state index contributed by atoms with van der Waals surface area (Å²) in [6.07, 6.45) is 0. The third kappa shape index (κ3) is 5.34. The lowest BCUT2D eigenvalue weighted by molar-refractivity contribution is -0.152. The van der Waals surface area contributed by atoms with E-state index in [1.807, 2.05) is 45.0 Å². The van der Waals surface area contributed by atoms with Crippen molar-refractivity contribution in [3.05, 3.63) is 27.8 Å². The number of ether oxygens (including phenoxy) is 1. The maximum Gasteiger partial charge on any atom is 0.325 e. The molecule has 3 nitrogen and oxygen atoms in total. The van der Waals surface area contributed by atoms with Crippen molar-refractivity contribution >= 4 is 34.2 Å². The Balaban J connectivity index is 2.40. The van der Waals surface area contributed by atoms with Crippen LogP contribution in [0.15, 0.2) is 24.3 Å². The van der Waals surface area contributed by atoms with Gasteiger partial charge in [-0.3, -0.25) is 4.79 Å². The van der Waals surface area contributed by atoms with Crippen molar-refractivity contribution in [3.63, 3.8) is 0 Å². The van der Waals surface area contributed by atoms with Crippen LogP contribution in [0.5, 0.6) is 0 Å². The summed E-state index contributed by atoms with van der Waals surface area (Å²) in [5.74, 6) is -0.244. The van der Waals surface area contributed by atoms with E-state index in [2.05, 4.69) is 27.9 Å². The Morgan fingerprint density at radius 1 is 1.31 bits per heavy atom. The molecule has 0 saturated carbocycles. The number of benzene rings is 1. The van der Waals surface area contributed by atoms with Crippen LogP contribution in [0.25, 0.3) is 0 Å². The van der Waals surface area contributed by atoms with E-state index in [1.54, 1.807) is 0 Å². The molecule has 0 atom stereocenters. The molecule has 0 aliphatic rings. The van der Waals surface area contributed by atoms with Gasteiger partial charge < -0.3 is 10.1 Å². The largest absolute Gasteiger partial charge is 0.459 e. The molecule has 88 valence electrons. The van der Waals surface area contributed by atoms with Crippen LogP contribution in [-0.2, 0) is 9.53 Å². The first-order chi connectivity index (χ1) is 7.37. The Labute approximate surface area is 110 Å². The predicted molar refractivity (Wildman–Crippen MR) is 73.5 cm³/mol. The molecule has 0 saturated heterocycles. The van der Waals surface area contributed by atoms with E-state index in [9.17, 15) is 4.79 Å². The number of carbonyl (C=O) groups excluding carboxylic acids is 1. The number of esters is 1. The fourth-order valence-electron chi connectivity index (χ4n) is 1.12. The topological polar surface area (TPSA) is 38.3 Å². The molecule has 1 aromatic carbocycles. The Morgan fingerprint density at radius 3 is 2.38 bits per heavy atom. The van der Waals surface area contributed by atoms with Gasteiger partial charge in [-0.15, -0.1) is 0 Å². The number of halogens is 1. The number of hydrogen-bond donors (Lipinski definition) is 1. The summed E-state index contributed by atoms with van der Waals surface area (Å²) >= 11 is 2.24. The number of hydrogen-bond acceptors (Lipinski definition) is 3. The van der Waals surface area contributed by atoms with Gasteiger partial charge in [-0.1, -0.05) is 0 Å². The molecule has 0 amide bonds. The van der Waals surface area contributed by atoms with Gasteiger partial charge in [0, 0.05) is 9.26 Å². The standard InChI is InChI=1S/C12H16INO2/c1-12(2,3)16-11(15)8-14-10-6-4-9(13)5-7-10/h4-7,14H,8H2,1-3H3. The highest BCUT2D eigenvalue weighted by Gasteiger charge is 2.15. The van der Waals surface area contributed by atoms with Gasteiger partial charge in [0.25, 0.3) is 0 Å². The molecule has 1 rings (SSSR count). The quantitative estimate of drug-likeness (QED) is 0.683. The highest BCUT2D eigenvalue weighted by Crippen LogP contribution is 2.11. The summed E-state index contributed by atoms with van der Waals surface area (Å²) in [5.41, 5.74) is 0.497. The summed E-state index contributed by atoms with van der Waals surface area (Å²) in [5, 5.41) is 3.02. The molecule has 1 aromatic rings. The third-order valence-electron chi connectivity index (χ3n) is 1.70. The molecule has 0 spiro atoms. The fourth-order valence-corrected chi connectivity index (χ4v) is 1.48. The van der Waals surface area contributed by atoms with Crippen LogP contribution >= 0.6 is 22.6 Å². The maximum absolute atomic E-state index is 11.4.